The van der Waals surface area contributed by atoms with Crippen molar-refractivity contribution in [2.45, 2.75) is 90.4 Å². The molecule has 0 radical (unpaired) electrons. The van der Waals surface area contributed by atoms with Crippen molar-refractivity contribution < 1.29 is 23.9 Å². The first-order valence-corrected chi connectivity index (χ1v) is 14.8. The first-order valence-electron chi connectivity index (χ1n) is 14.8. The van der Waals surface area contributed by atoms with Crippen molar-refractivity contribution in [3.05, 3.63) is 77.4 Å². The Morgan fingerprint density at radius 2 is 1.67 bits per heavy atom. The van der Waals surface area contributed by atoms with E-state index in [9.17, 15) is 19.2 Å². The van der Waals surface area contributed by atoms with Crippen molar-refractivity contribution in [3.63, 3.8) is 0 Å². The molecule has 0 spiro atoms. The van der Waals surface area contributed by atoms with Gasteiger partial charge in [-0.25, -0.2) is 4.79 Å². The van der Waals surface area contributed by atoms with Crippen LogP contribution >= 0.6 is 0 Å². The van der Waals surface area contributed by atoms with Crippen molar-refractivity contribution in [1.29, 1.82) is 0 Å². The van der Waals surface area contributed by atoms with Gasteiger partial charge in [-0.05, 0) is 99.9 Å². The topological polar surface area (TPSA) is 131 Å². The first-order chi connectivity index (χ1) is 20.3. The van der Waals surface area contributed by atoms with Crippen LogP contribution in [0.15, 0.2) is 60.7 Å². The van der Waals surface area contributed by atoms with Crippen LogP contribution in [0.5, 0.6) is 0 Å². The van der Waals surface area contributed by atoms with Crippen molar-refractivity contribution in [2.75, 3.05) is 5.32 Å². The Balaban J connectivity index is 1.75. The lowest BCUT2D eigenvalue weighted by Gasteiger charge is -2.44. The normalized spacial score (nSPS) is 14.7. The van der Waals surface area contributed by atoms with Gasteiger partial charge in [0.05, 0.1) is 0 Å². The van der Waals surface area contributed by atoms with E-state index < -0.39 is 35.6 Å². The Hall–Kier alpha value is -4.40. The third-order valence-corrected chi connectivity index (χ3v) is 7.88. The number of nitrogens with two attached hydrogens (primary N) is 1. The van der Waals surface area contributed by atoms with Crippen LogP contribution in [0.1, 0.15) is 75.6 Å². The van der Waals surface area contributed by atoms with Gasteiger partial charge in [0.15, 0.2) is 0 Å². The van der Waals surface area contributed by atoms with Crippen LogP contribution in [0.4, 0.5) is 10.5 Å². The maximum absolute atomic E-state index is 14.5. The Bertz CT molecular complexity index is 1510. The van der Waals surface area contributed by atoms with Gasteiger partial charge in [-0.15, -0.1) is 0 Å². The fourth-order valence-corrected chi connectivity index (χ4v) is 5.32. The summed E-state index contributed by atoms with van der Waals surface area (Å²) < 4.78 is 5.43. The summed E-state index contributed by atoms with van der Waals surface area (Å²) in [6.45, 7) is 9.07. The highest BCUT2D eigenvalue weighted by Gasteiger charge is 2.42. The summed E-state index contributed by atoms with van der Waals surface area (Å²) >= 11 is 0. The van der Waals surface area contributed by atoms with Crippen LogP contribution in [0.3, 0.4) is 0 Å². The summed E-state index contributed by atoms with van der Waals surface area (Å²) in [4.78, 5) is 54.9. The van der Waals surface area contributed by atoms with E-state index in [-0.39, 0.29) is 24.8 Å². The molecule has 3 aromatic carbocycles. The highest BCUT2D eigenvalue weighted by atomic mass is 16.6. The molecular formula is C34H42N4O5. The minimum absolute atomic E-state index is 0.0254. The maximum Gasteiger partial charge on any atom is 0.408 e. The van der Waals surface area contributed by atoms with Gasteiger partial charge in [-0.3, -0.25) is 14.4 Å². The van der Waals surface area contributed by atoms with Crippen molar-refractivity contribution in [2.24, 2.45) is 5.73 Å². The summed E-state index contributed by atoms with van der Waals surface area (Å²) in [5.41, 5.74) is 7.83. The standard InChI is InChI=1S/C34H42N4O5/c1-21-10-8-15-27(22(21)2)30(31(40)36-25-17-16-23-11-6-7-12-24(23)20-25)38(26-13-9-14-26)32(41)28(18-19-29(35)39)37-33(42)43-34(3,4)5/h6-8,10-12,15-17,20,26,28,30H,9,13-14,18-19H2,1-5H3,(H2,35,39)(H,36,40)(H,37,42). The molecule has 228 valence electrons. The van der Waals surface area contributed by atoms with E-state index in [1.165, 1.54) is 0 Å². The molecule has 4 amide bonds. The molecule has 1 fully saturated rings. The van der Waals surface area contributed by atoms with Gasteiger partial charge in [-0.1, -0.05) is 48.5 Å². The average Bonchev–Trinajstić information content (AvgIpc) is 2.90. The second-order valence-electron chi connectivity index (χ2n) is 12.3. The molecule has 4 rings (SSSR count). The number of carbonyl (C=O) groups excluding carboxylic acids is 4. The number of aryl methyl sites for hydroxylation is 1. The number of anilines is 1. The Morgan fingerprint density at radius 3 is 2.30 bits per heavy atom. The molecular weight excluding hydrogens is 544 g/mol. The van der Waals surface area contributed by atoms with E-state index in [1.807, 2.05) is 74.5 Å². The first kappa shape index (κ1) is 31.5. The van der Waals surface area contributed by atoms with Gasteiger partial charge in [0, 0.05) is 18.2 Å². The molecule has 0 saturated heterocycles. The number of carbonyl (C=O) groups is 4. The molecule has 2 atom stereocenters. The lowest BCUT2D eigenvalue weighted by molar-refractivity contribution is -0.146. The SMILES string of the molecule is Cc1cccc(C(C(=O)Nc2ccc3ccccc3c2)N(C(=O)C(CCC(N)=O)NC(=O)OC(C)(C)C)C2CCC2)c1C. The molecule has 0 bridgehead atoms. The largest absolute Gasteiger partial charge is 0.444 e. The molecule has 0 aliphatic heterocycles. The highest BCUT2D eigenvalue weighted by molar-refractivity contribution is 6.01. The smallest absolute Gasteiger partial charge is 0.408 e. The lowest BCUT2D eigenvalue weighted by atomic mass is 9.86. The number of nitrogens with zero attached hydrogens (tertiary/aromatic N) is 1. The van der Waals surface area contributed by atoms with E-state index in [2.05, 4.69) is 10.6 Å². The zero-order chi connectivity index (χ0) is 31.3. The van der Waals surface area contributed by atoms with Gasteiger partial charge >= 0.3 is 6.09 Å². The fraction of sp³-hybridized carbons (Fsp3) is 0.412. The molecule has 1 aliphatic rings. The van der Waals surface area contributed by atoms with Gasteiger partial charge < -0.3 is 26.0 Å². The van der Waals surface area contributed by atoms with Gasteiger partial charge in [0.25, 0.3) is 5.91 Å². The third-order valence-electron chi connectivity index (χ3n) is 7.88. The zero-order valence-corrected chi connectivity index (χ0v) is 25.6. The molecule has 4 N–H and O–H groups in total. The number of benzene rings is 3. The maximum atomic E-state index is 14.5. The summed E-state index contributed by atoms with van der Waals surface area (Å²) in [7, 11) is 0. The average molecular weight is 587 g/mol. The highest BCUT2D eigenvalue weighted by Crippen LogP contribution is 2.36. The van der Waals surface area contributed by atoms with Gasteiger partial charge in [-0.2, -0.15) is 0 Å². The Labute approximate surface area is 253 Å². The van der Waals surface area contributed by atoms with Crippen LogP contribution in [0.25, 0.3) is 10.8 Å². The molecule has 1 saturated carbocycles. The van der Waals surface area contributed by atoms with E-state index >= 15 is 0 Å². The second-order valence-corrected chi connectivity index (χ2v) is 12.3. The number of fused-ring (bicyclic) bond motifs is 1. The van der Waals surface area contributed by atoms with E-state index in [1.54, 1.807) is 25.7 Å². The predicted octanol–water partition coefficient (Wildman–Crippen LogP) is 5.68. The number of alkyl carbamates (subject to hydrolysis) is 1. The number of amides is 4. The second kappa shape index (κ2) is 13.3. The molecule has 0 heterocycles. The van der Waals surface area contributed by atoms with Crippen LogP contribution in [0.2, 0.25) is 0 Å². The minimum atomic E-state index is -1.12. The lowest BCUT2D eigenvalue weighted by Crippen LogP contribution is -2.57. The van der Waals surface area contributed by atoms with Crippen molar-refractivity contribution in [3.8, 4) is 0 Å². The monoisotopic (exact) mass is 586 g/mol. The van der Waals surface area contributed by atoms with Gasteiger partial charge in [0.2, 0.25) is 11.8 Å². The number of nitrogens with one attached hydrogen (secondary N) is 2. The predicted molar refractivity (Wildman–Crippen MR) is 167 cm³/mol. The van der Waals surface area contributed by atoms with Gasteiger partial charge in [0.1, 0.15) is 17.7 Å². The minimum Gasteiger partial charge on any atom is -0.444 e. The Kier molecular flexibility index (Phi) is 9.73. The van der Waals surface area contributed by atoms with Crippen LogP contribution in [-0.4, -0.2) is 46.4 Å². The fourth-order valence-electron chi connectivity index (χ4n) is 5.32. The summed E-state index contributed by atoms with van der Waals surface area (Å²) in [5.74, 6) is -1.43. The van der Waals surface area contributed by atoms with Crippen LogP contribution in [-0.2, 0) is 19.1 Å². The van der Waals surface area contributed by atoms with E-state index in [0.29, 0.717) is 24.1 Å². The summed E-state index contributed by atoms with van der Waals surface area (Å²) in [6.07, 6.45) is 1.40. The number of ether oxygens (including phenoxy) is 1. The zero-order valence-electron chi connectivity index (χ0n) is 25.6. The molecule has 2 unspecified atom stereocenters. The van der Waals surface area contributed by atoms with E-state index in [0.717, 1.165) is 28.3 Å². The molecule has 0 aromatic heterocycles. The van der Waals surface area contributed by atoms with Crippen molar-refractivity contribution >= 4 is 40.3 Å². The van der Waals surface area contributed by atoms with E-state index in [4.69, 9.17) is 10.5 Å². The van der Waals surface area contributed by atoms with Crippen LogP contribution in [0, 0.1) is 13.8 Å². The molecule has 9 heteroatoms. The summed E-state index contributed by atoms with van der Waals surface area (Å²) in [5, 5.41) is 7.74. The number of hydrogen-bond donors (Lipinski definition) is 3. The molecule has 3 aromatic rings. The van der Waals surface area contributed by atoms with Crippen LogP contribution < -0.4 is 16.4 Å². The number of primary amides is 1. The molecule has 43 heavy (non-hydrogen) atoms. The third kappa shape index (κ3) is 7.91. The number of hydrogen-bond acceptors (Lipinski definition) is 5. The molecule has 9 nitrogen and oxygen atoms in total. The Morgan fingerprint density at radius 1 is 0.977 bits per heavy atom. The van der Waals surface area contributed by atoms with Crippen molar-refractivity contribution in [1.82, 2.24) is 10.2 Å². The summed E-state index contributed by atoms with van der Waals surface area (Å²) in [6, 6.07) is 16.9. The molecule has 1 aliphatic carbocycles. The quantitative estimate of drug-likeness (QED) is 0.282. The number of rotatable bonds is 10.